The van der Waals surface area contributed by atoms with E-state index in [1.54, 1.807) is 12.1 Å². The first-order valence-electron chi connectivity index (χ1n) is 5.82. The van der Waals surface area contributed by atoms with E-state index in [-0.39, 0.29) is 21.2 Å². The van der Waals surface area contributed by atoms with Gasteiger partial charge in [0, 0.05) is 10.6 Å². The summed E-state index contributed by atoms with van der Waals surface area (Å²) in [5.74, 6) is -1.10. The number of hydrogen-bond acceptors (Lipinski definition) is 3. The lowest BCUT2D eigenvalue weighted by Crippen LogP contribution is -2.09. The molecule has 0 aliphatic rings. The highest BCUT2D eigenvalue weighted by Gasteiger charge is 2.20. The molecule has 0 aliphatic heterocycles. The van der Waals surface area contributed by atoms with E-state index in [9.17, 15) is 12.8 Å². The van der Waals surface area contributed by atoms with Crippen LogP contribution in [0.5, 0.6) is 0 Å². The second-order valence-electron chi connectivity index (χ2n) is 4.54. The minimum Gasteiger partial charge on any atom is -0.398 e. The maximum atomic E-state index is 13.7. The summed E-state index contributed by atoms with van der Waals surface area (Å²) < 4.78 is 38.3. The Hall–Kier alpha value is -1.59. The van der Waals surface area contributed by atoms with Gasteiger partial charge < -0.3 is 5.73 Å². The van der Waals surface area contributed by atoms with Gasteiger partial charge in [-0.05, 0) is 36.8 Å². The summed E-state index contributed by atoms with van der Waals surface area (Å²) in [6.07, 6.45) is 0. The molecule has 0 amide bonds. The Labute approximate surface area is 122 Å². The smallest absolute Gasteiger partial charge is 0.184 e. The summed E-state index contributed by atoms with van der Waals surface area (Å²) in [5, 5.41) is 0.221. The van der Waals surface area contributed by atoms with Gasteiger partial charge in [-0.3, -0.25) is 0 Å². The van der Waals surface area contributed by atoms with Gasteiger partial charge in [0.1, 0.15) is 5.82 Å². The molecule has 2 rings (SSSR count). The molecule has 0 atom stereocenters. The number of sulfone groups is 1. The third-order valence-electron chi connectivity index (χ3n) is 2.86. The summed E-state index contributed by atoms with van der Waals surface area (Å²) in [4.78, 5) is 0.0115. The number of rotatable bonds is 3. The average molecular weight is 314 g/mol. The number of aryl methyl sites for hydroxylation is 1. The van der Waals surface area contributed by atoms with Crippen LogP contribution in [0.25, 0.3) is 0 Å². The van der Waals surface area contributed by atoms with Gasteiger partial charge in [0.25, 0.3) is 0 Å². The molecule has 0 unspecified atom stereocenters. The van der Waals surface area contributed by atoms with Crippen molar-refractivity contribution < 1.29 is 12.8 Å². The Morgan fingerprint density at radius 2 is 1.90 bits per heavy atom. The highest BCUT2D eigenvalue weighted by atomic mass is 35.5. The molecule has 0 radical (unpaired) electrons. The minimum atomic E-state index is -3.70. The van der Waals surface area contributed by atoms with Crippen molar-refractivity contribution in [2.75, 3.05) is 5.73 Å². The molecule has 2 aromatic carbocycles. The van der Waals surface area contributed by atoms with Crippen molar-refractivity contribution in [3.63, 3.8) is 0 Å². The number of hydrogen-bond donors (Lipinski definition) is 1. The molecule has 106 valence electrons. The van der Waals surface area contributed by atoms with Gasteiger partial charge in [0.2, 0.25) is 0 Å². The van der Waals surface area contributed by atoms with Crippen molar-refractivity contribution in [2.24, 2.45) is 0 Å². The zero-order valence-corrected chi connectivity index (χ0v) is 12.3. The number of nitrogen functional groups attached to an aromatic ring is 1. The van der Waals surface area contributed by atoms with Crippen molar-refractivity contribution in [3.8, 4) is 0 Å². The second kappa shape index (κ2) is 5.42. The van der Waals surface area contributed by atoms with Crippen molar-refractivity contribution >= 4 is 27.1 Å². The normalized spacial score (nSPS) is 11.6. The number of benzene rings is 2. The van der Waals surface area contributed by atoms with Crippen LogP contribution in [0.3, 0.4) is 0 Å². The Morgan fingerprint density at radius 3 is 2.50 bits per heavy atom. The van der Waals surface area contributed by atoms with Crippen molar-refractivity contribution in [2.45, 2.75) is 17.6 Å². The lowest BCUT2D eigenvalue weighted by Gasteiger charge is -2.09. The third-order valence-corrected chi connectivity index (χ3v) is 4.83. The monoisotopic (exact) mass is 313 g/mol. The molecule has 0 aromatic heterocycles. The lowest BCUT2D eigenvalue weighted by atomic mass is 10.2. The molecule has 3 nitrogen and oxygen atoms in total. The van der Waals surface area contributed by atoms with Crippen LogP contribution in [0.15, 0.2) is 41.3 Å². The van der Waals surface area contributed by atoms with Crippen LogP contribution < -0.4 is 5.73 Å². The molecule has 0 bridgehead atoms. The first-order valence-corrected chi connectivity index (χ1v) is 7.85. The minimum absolute atomic E-state index is 0.0115. The predicted molar refractivity (Wildman–Crippen MR) is 77.9 cm³/mol. The molecule has 2 N–H and O–H groups in total. The van der Waals surface area contributed by atoms with E-state index in [0.29, 0.717) is 0 Å². The summed E-state index contributed by atoms with van der Waals surface area (Å²) in [6.45, 7) is 1.81. The maximum absolute atomic E-state index is 13.7. The zero-order valence-electron chi connectivity index (χ0n) is 10.7. The fourth-order valence-electron chi connectivity index (χ4n) is 1.87. The molecule has 20 heavy (non-hydrogen) atoms. The molecule has 2 aromatic rings. The van der Waals surface area contributed by atoms with E-state index in [2.05, 4.69) is 0 Å². The van der Waals surface area contributed by atoms with Crippen LogP contribution in [0.2, 0.25) is 5.02 Å². The quantitative estimate of drug-likeness (QED) is 0.884. The maximum Gasteiger partial charge on any atom is 0.184 e. The van der Waals surface area contributed by atoms with Gasteiger partial charge in [-0.2, -0.15) is 0 Å². The topological polar surface area (TPSA) is 60.2 Å². The van der Waals surface area contributed by atoms with Crippen LogP contribution >= 0.6 is 11.6 Å². The lowest BCUT2D eigenvalue weighted by molar-refractivity contribution is 0.587. The predicted octanol–water partition coefficient (Wildman–Crippen LogP) is 3.34. The Balaban J connectivity index is 2.41. The molecule has 0 aliphatic carbocycles. The highest BCUT2D eigenvalue weighted by Crippen LogP contribution is 2.25. The Kier molecular flexibility index (Phi) is 4.01. The first kappa shape index (κ1) is 14.8. The third kappa shape index (κ3) is 3.11. The first-order chi connectivity index (χ1) is 9.29. The SMILES string of the molecule is Cc1ccc(S(=O)(=O)Cc2ccc(Cl)cc2F)c(N)c1. The van der Waals surface area contributed by atoms with Gasteiger partial charge in [-0.25, -0.2) is 12.8 Å². The van der Waals surface area contributed by atoms with Gasteiger partial charge in [-0.15, -0.1) is 0 Å². The number of nitrogens with two attached hydrogens (primary N) is 1. The van der Waals surface area contributed by atoms with Gasteiger partial charge >= 0.3 is 0 Å². The molecule has 0 fully saturated rings. The molecule has 0 saturated heterocycles. The van der Waals surface area contributed by atoms with E-state index in [0.717, 1.165) is 11.6 Å². The van der Waals surface area contributed by atoms with E-state index in [4.69, 9.17) is 17.3 Å². The largest absolute Gasteiger partial charge is 0.398 e. The van der Waals surface area contributed by atoms with Crippen LogP contribution in [-0.4, -0.2) is 8.42 Å². The molecular formula is C14H13ClFNO2S. The van der Waals surface area contributed by atoms with Crippen LogP contribution in [-0.2, 0) is 15.6 Å². The average Bonchev–Trinajstić information content (AvgIpc) is 2.32. The second-order valence-corrected chi connectivity index (χ2v) is 6.93. The van der Waals surface area contributed by atoms with Crippen LogP contribution in [0.4, 0.5) is 10.1 Å². The van der Waals surface area contributed by atoms with Crippen LogP contribution in [0.1, 0.15) is 11.1 Å². The van der Waals surface area contributed by atoms with E-state index in [1.165, 1.54) is 18.2 Å². The summed E-state index contributed by atoms with van der Waals surface area (Å²) in [5.41, 5.74) is 6.82. The molecule has 0 spiro atoms. The molecule has 0 saturated carbocycles. The van der Waals surface area contributed by atoms with Crippen molar-refractivity contribution in [1.29, 1.82) is 0 Å². The summed E-state index contributed by atoms with van der Waals surface area (Å²) in [7, 11) is -3.70. The van der Waals surface area contributed by atoms with Crippen LogP contribution in [0, 0.1) is 12.7 Å². The zero-order chi connectivity index (χ0) is 14.9. The van der Waals surface area contributed by atoms with Gasteiger partial charge in [-0.1, -0.05) is 23.7 Å². The van der Waals surface area contributed by atoms with Gasteiger partial charge in [0.15, 0.2) is 9.84 Å². The molecule has 0 heterocycles. The number of anilines is 1. The van der Waals surface area contributed by atoms with Crippen molar-refractivity contribution in [1.82, 2.24) is 0 Å². The Bertz CT molecular complexity index is 760. The van der Waals surface area contributed by atoms with Gasteiger partial charge in [0.05, 0.1) is 16.3 Å². The molecular weight excluding hydrogens is 301 g/mol. The summed E-state index contributed by atoms with van der Waals surface area (Å²) >= 11 is 5.64. The molecule has 6 heteroatoms. The van der Waals surface area contributed by atoms with E-state index in [1.807, 2.05) is 6.92 Å². The standard InChI is InChI=1S/C14H13ClFNO2S/c1-9-2-5-14(13(17)6-9)20(18,19)8-10-3-4-11(15)7-12(10)16/h2-7H,8,17H2,1H3. The van der Waals surface area contributed by atoms with Crippen molar-refractivity contribution in [3.05, 3.63) is 58.4 Å². The fourth-order valence-corrected chi connectivity index (χ4v) is 3.52. The highest BCUT2D eigenvalue weighted by molar-refractivity contribution is 7.90. The summed E-state index contributed by atoms with van der Waals surface area (Å²) in [6, 6.07) is 8.57. The van der Waals surface area contributed by atoms with E-state index < -0.39 is 21.4 Å². The Morgan fingerprint density at radius 1 is 1.20 bits per heavy atom. The van der Waals surface area contributed by atoms with E-state index >= 15 is 0 Å². The number of halogens is 2. The fraction of sp³-hybridized carbons (Fsp3) is 0.143.